The third-order valence-corrected chi connectivity index (χ3v) is 6.34. The summed E-state index contributed by atoms with van der Waals surface area (Å²) in [6.07, 6.45) is 1.82. The summed E-state index contributed by atoms with van der Waals surface area (Å²) in [4.78, 5) is 15.1. The highest BCUT2D eigenvalue weighted by molar-refractivity contribution is 8.27. The van der Waals surface area contributed by atoms with Crippen LogP contribution in [0.25, 0.3) is 6.08 Å². The van der Waals surface area contributed by atoms with Crippen LogP contribution in [-0.4, -0.2) is 30.6 Å². The van der Waals surface area contributed by atoms with Gasteiger partial charge in [0.25, 0.3) is 5.91 Å². The van der Waals surface area contributed by atoms with Crippen molar-refractivity contribution in [3.05, 3.63) is 88.3 Å². The van der Waals surface area contributed by atoms with E-state index in [-0.39, 0.29) is 5.91 Å². The normalized spacial score (nSPS) is 14.6. The van der Waals surface area contributed by atoms with Crippen LogP contribution in [0, 0.1) is 0 Å². The zero-order valence-electron chi connectivity index (χ0n) is 17.7. The van der Waals surface area contributed by atoms with Crippen molar-refractivity contribution >= 4 is 57.6 Å². The van der Waals surface area contributed by atoms with E-state index in [2.05, 4.69) is 0 Å². The molecule has 3 aromatic rings. The predicted octanol–water partition coefficient (Wildman–Crippen LogP) is 6.21. The molecule has 3 aromatic carbocycles. The number of carbonyl (C=O) groups excluding carboxylic acids is 1. The fourth-order valence-corrected chi connectivity index (χ4v) is 4.63. The first-order valence-corrected chi connectivity index (χ1v) is 11.7. The lowest BCUT2D eigenvalue weighted by Crippen LogP contribution is -2.27. The average Bonchev–Trinajstić information content (AvgIpc) is 3.10. The van der Waals surface area contributed by atoms with E-state index in [9.17, 15) is 4.79 Å². The standard InChI is InChI=1S/C25H20ClNO4S2/c1-29-19-11-9-18(10-12-19)27-24(28)23(33-25(27)32)16-17-5-4-6-20(15-17)30-13-14-31-22-8-3-2-7-21(22)26/h2-12,15-16H,13-14H2,1H3. The molecule has 0 saturated carbocycles. The molecule has 0 atom stereocenters. The molecule has 0 spiro atoms. The molecule has 1 aliphatic heterocycles. The van der Waals surface area contributed by atoms with Crippen molar-refractivity contribution < 1.29 is 19.0 Å². The number of carbonyl (C=O) groups is 1. The number of hydrogen-bond acceptors (Lipinski definition) is 6. The Labute approximate surface area is 206 Å². The number of amides is 1. The highest BCUT2D eigenvalue weighted by Crippen LogP contribution is 2.36. The molecule has 33 heavy (non-hydrogen) atoms. The van der Waals surface area contributed by atoms with Crippen molar-refractivity contribution in [3.63, 3.8) is 0 Å². The molecule has 0 radical (unpaired) electrons. The number of anilines is 1. The maximum Gasteiger partial charge on any atom is 0.270 e. The van der Waals surface area contributed by atoms with Gasteiger partial charge in [0.15, 0.2) is 4.32 Å². The number of benzene rings is 3. The minimum absolute atomic E-state index is 0.158. The molecule has 168 valence electrons. The van der Waals surface area contributed by atoms with E-state index in [0.717, 1.165) is 5.56 Å². The molecule has 8 heteroatoms. The van der Waals surface area contributed by atoms with E-state index in [1.807, 2.05) is 60.7 Å². The van der Waals surface area contributed by atoms with Gasteiger partial charge in [-0.05, 0) is 60.2 Å². The van der Waals surface area contributed by atoms with Gasteiger partial charge in [-0.3, -0.25) is 9.69 Å². The van der Waals surface area contributed by atoms with Crippen molar-refractivity contribution in [1.29, 1.82) is 0 Å². The number of hydrogen-bond donors (Lipinski definition) is 0. The molecule has 0 aliphatic carbocycles. The second-order valence-electron chi connectivity index (χ2n) is 6.91. The zero-order valence-corrected chi connectivity index (χ0v) is 20.1. The largest absolute Gasteiger partial charge is 0.497 e. The molecule has 0 N–H and O–H groups in total. The molecule has 1 aliphatic rings. The van der Waals surface area contributed by atoms with Gasteiger partial charge in [0.2, 0.25) is 0 Å². The molecule has 0 aromatic heterocycles. The Balaban J connectivity index is 1.39. The van der Waals surface area contributed by atoms with E-state index < -0.39 is 0 Å². The number of halogens is 1. The first-order valence-electron chi connectivity index (χ1n) is 10.1. The van der Waals surface area contributed by atoms with Gasteiger partial charge >= 0.3 is 0 Å². The Bertz CT molecular complexity index is 1200. The molecule has 0 unspecified atom stereocenters. The smallest absolute Gasteiger partial charge is 0.270 e. The molecule has 1 fully saturated rings. The summed E-state index contributed by atoms with van der Waals surface area (Å²) in [5, 5.41) is 0.562. The van der Waals surface area contributed by atoms with E-state index in [0.29, 0.717) is 50.4 Å². The van der Waals surface area contributed by atoms with Crippen LogP contribution in [0.1, 0.15) is 5.56 Å². The van der Waals surface area contributed by atoms with Crippen LogP contribution in [0.5, 0.6) is 17.2 Å². The third-order valence-electron chi connectivity index (χ3n) is 4.73. The van der Waals surface area contributed by atoms with Crippen LogP contribution in [0.2, 0.25) is 5.02 Å². The van der Waals surface area contributed by atoms with Gasteiger partial charge in [0.1, 0.15) is 30.5 Å². The van der Waals surface area contributed by atoms with E-state index in [4.69, 9.17) is 38.0 Å². The first kappa shape index (κ1) is 23.2. The number of ether oxygens (including phenoxy) is 3. The van der Waals surface area contributed by atoms with Gasteiger partial charge in [0.05, 0.1) is 22.7 Å². The number of methoxy groups -OCH3 is 1. The second kappa shape index (κ2) is 10.7. The number of thioether (sulfide) groups is 1. The maximum absolute atomic E-state index is 13.0. The Morgan fingerprint density at radius 2 is 1.73 bits per heavy atom. The van der Waals surface area contributed by atoms with Crippen LogP contribution >= 0.6 is 35.6 Å². The minimum atomic E-state index is -0.158. The van der Waals surface area contributed by atoms with Crippen LogP contribution < -0.4 is 19.1 Å². The summed E-state index contributed by atoms with van der Waals surface area (Å²) in [6.45, 7) is 0.711. The zero-order chi connectivity index (χ0) is 23.2. The van der Waals surface area contributed by atoms with Crippen molar-refractivity contribution in [2.24, 2.45) is 0 Å². The molecule has 1 amide bonds. The highest BCUT2D eigenvalue weighted by atomic mass is 35.5. The molecule has 1 heterocycles. The van der Waals surface area contributed by atoms with Crippen LogP contribution in [0.15, 0.2) is 77.7 Å². The lowest BCUT2D eigenvalue weighted by atomic mass is 10.2. The average molecular weight is 498 g/mol. The Morgan fingerprint density at radius 3 is 2.48 bits per heavy atom. The summed E-state index contributed by atoms with van der Waals surface area (Å²) in [5.41, 5.74) is 1.55. The number of nitrogens with zero attached hydrogens (tertiary/aromatic N) is 1. The number of thiocarbonyl (C=S) groups is 1. The van der Waals surface area contributed by atoms with Gasteiger partial charge in [-0.15, -0.1) is 0 Å². The second-order valence-corrected chi connectivity index (χ2v) is 9.00. The third kappa shape index (κ3) is 5.68. The summed E-state index contributed by atoms with van der Waals surface area (Å²) < 4.78 is 17.1. The van der Waals surface area contributed by atoms with E-state index >= 15 is 0 Å². The fraction of sp³-hybridized carbons (Fsp3) is 0.120. The van der Waals surface area contributed by atoms with Crippen LogP contribution in [0.4, 0.5) is 5.69 Å². The van der Waals surface area contributed by atoms with E-state index in [1.54, 1.807) is 25.3 Å². The van der Waals surface area contributed by atoms with Crippen molar-refractivity contribution in [2.45, 2.75) is 0 Å². The quantitative estimate of drug-likeness (QED) is 0.209. The minimum Gasteiger partial charge on any atom is -0.497 e. The highest BCUT2D eigenvalue weighted by Gasteiger charge is 2.33. The molecule has 5 nitrogen and oxygen atoms in total. The molecule has 0 bridgehead atoms. The monoisotopic (exact) mass is 497 g/mol. The van der Waals surface area contributed by atoms with Gasteiger partial charge < -0.3 is 14.2 Å². The first-order chi connectivity index (χ1) is 16.0. The molecular weight excluding hydrogens is 478 g/mol. The SMILES string of the molecule is COc1ccc(N2C(=O)C(=Cc3cccc(OCCOc4ccccc4Cl)c3)SC2=S)cc1. The Kier molecular flexibility index (Phi) is 7.54. The van der Waals surface area contributed by atoms with Crippen LogP contribution in [-0.2, 0) is 4.79 Å². The van der Waals surface area contributed by atoms with Gasteiger partial charge in [-0.2, -0.15) is 0 Å². The number of rotatable bonds is 8. The van der Waals surface area contributed by atoms with E-state index in [1.165, 1.54) is 16.7 Å². The summed E-state index contributed by atoms with van der Waals surface area (Å²) in [7, 11) is 1.60. The lowest BCUT2D eigenvalue weighted by Gasteiger charge is -2.14. The predicted molar refractivity (Wildman–Crippen MR) is 138 cm³/mol. The van der Waals surface area contributed by atoms with Crippen molar-refractivity contribution in [1.82, 2.24) is 0 Å². The summed E-state index contributed by atoms with van der Waals surface area (Å²) in [5.74, 6) is 1.86. The molecule has 1 saturated heterocycles. The summed E-state index contributed by atoms with van der Waals surface area (Å²) >= 11 is 12.8. The number of para-hydroxylation sites is 1. The fourth-order valence-electron chi connectivity index (χ4n) is 3.14. The Hall–Kier alpha value is -3.00. The molecular formula is C25H20ClNO4S2. The molecule has 4 rings (SSSR count). The Morgan fingerprint density at radius 1 is 0.970 bits per heavy atom. The van der Waals surface area contributed by atoms with Crippen molar-refractivity contribution in [2.75, 3.05) is 25.2 Å². The van der Waals surface area contributed by atoms with Gasteiger partial charge in [0, 0.05) is 0 Å². The van der Waals surface area contributed by atoms with Gasteiger partial charge in [-0.1, -0.05) is 59.8 Å². The summed E-state index contributed by atoms with van der Waals surface area (Å²) in [6, 6.07) is 22.0. The van der Waals surface area contributed by atoms with Gasteiger partial charge in [-0.25, -0.2) is 0 Å². The topological polar surface area (TPSA) is 48.0 Å². The maximum atomic E-state index is 13.0. The van der Waals surface area contributed by atoms with Crippen molar-refractivity contribution in [3.8, 4) is 17.2 Å². The van der Waals surface area contributed by atoms with Crippen LogP contribution in [0.3, 0.4) is 0 Å². The lowest BCUT2D eigenvalue weighted by molar-refractivity contribution is -0.113.